The van der Waals surface area contributed by atoms with Crippen LogP contribution in [-0.4, -0.2) is 11.7 Å². The number of carbonyl (C=O) groups is 1. The first-order valence-electron chi connectivity index (χ1n) is 6.65. The molecule has 110 valence electrons. The van der Waals surface area contributed by atoms with Crippen LogP contribution in [0.5, 0.6) is 5.75 Å². The lowest BCUT2D eigenvalue weighted by atomic mass is 9.86. The lowest BCUT2D eigenvalue weighted by Gasteiger charge is -2.25. The number of rotatable bonds is 1. The van der Waals surface area contributed by atoms with Crippen LogP contribution in [0.15, 0.2) is 47.6 Å². The van der Waals surface area contributed by atoms with Gasteiger partial charge in [-0.25, -0.2) is 0 Å². The Morgan fingerprint density at radius 3 is 2.50 bits per heavy atom. The van der Waals surface area contributed by atoms with Crippen molar-refractivity contribution in [1.29, 1.82) is 0 Å². The number of halogens is 2. The van der Waals surface area contributed by atoms with Crippen molar-refractivity contribution in [3.63, 3.8) is 0 Å². The second-order valence-corrected chi connectivity index (χ2v) is 5.85. The topological polar surface area (TPSA) is 47.9 Å². The monoisotopic (exact) mass is 333 g/mol. The summed E-state index contributed by atoms with van der Waals surface area (Å²) < 4.78 is 5.39. The Morgan fingerprint density at radius 2 is 1.73 bits per heavy atom. The molecule has 4 nitrogen and oxygen atoms in total. The first-order valence-corrected chi connectivity index (χ1v) is 7.41. The normalized spacial score (nSPS) is 22.3. The zero-order chi connectivity index (χ0) is 15.3. The van der Waals surface area contributed by atoms with E-state index in [9.17, 15) is 4.79 Å². The maximum absolute atomic E-state index is 12.4. The average Bonchev–Trinajstić information content (AvgIpc) is 2.93. The van der Waals surface area contributed by atoms with Gasteiger partial charge in [-0.15, -0.1) is 0 Å². The number of esters is 1. The van der Waals surface area contributed by atoms with Crippen molar-refractivity contribution in [3.05, 3.63) is 63.6 Å². The largest absolute Gasteiger partial charge is 0.425 e. The molecule has 0 N–H and O–H groups in total. The highest BCUT2D eigenvalue weighted by Gasteiger charge is 2.48. The van der Waals surface area contributed by atoms with Crippen molar-refractivity contribution in [2.45, 2.75) is 6.10 Å². The summed E-state index contributed by atoms with van der Waals surface area (Å²) in [6.45, 7) is 0. The zero-order valence-corrected chi connectivity index (χ0v) is 12.6. The number of benzene rings is 2. The van der Waals surface area contributed by atoms with Crippen molar-refractivity contribution in [2.75, 3.05) is 0 Å². The zero-order valence-electron chi connectivity index (χ0n) is 11.1. The molecule has 0 radical (unpaired) electrons. The number of fused-ring (bicyclic) bond motifs is 3. The molecule has 0 bridgehead atoms. The smallest absolute Gasteiger partial charge is 0.324 e. The van der Waals surface area contributed by atoms with Crippen molar-refractivity contribution in [1.82, 2.24) is 0 Å². The molecule has 0 fully saturated rings. The van der Waals surface area contributed by atoms with E-state index in [-0.39, 0.29) is 0 Å². The third-order valence-corrected chi connectivity index (χ3v) is 4.40. The molecule has 2 aliphatic heterocycles. The highest BCUT2D eigenvalue weighted by Crippen LogP contribution is 2.45. The Balaban J connectivity index is 1.82. The van der Waals surface area contributed by atoms with Crippen molar-refractivity contribution in [3.8, 4) is 5.75 Å². The molecule has 2 atom stereocenters. The van der Waals surface area contributed by atoms with Gasteiger partial charge in [-0.05, 0) is 18.2 Å². The van der Waals surface area contributed by atoms with E-state index in [1.54, 1.807) is 30.3 Å². The summed E-state index contributed by atoms with van der Waals surface area (Å²) in [5, 5.41) is 4.91. The summed E-state index contributed by atoms with van der Waals surface area (Å²) in [5.41, 5.74) is 1.70. The Labute approximate surface area is 136 Å². The maximum atomic E-state index is 12.4. The van der Waals surface area contributed by atoms with E-state index in [2.05, 4.69) is 5.16 Å². The van der Waals surface area contributed by atoms with Crippen LogP contribution in [0.1, 0.15) is 17.2 Å². The average molecular weight is 334 g/mol. The fourth-order valence-electron chi connectivity index (χ4n) is 2.77. The third kappa shape index (κ3) is 1.91. The molecular formula is C16H9Cl2NO3. The van der Waals surface area contributed by atoms with E-state index in [1.165, 1.54) is 0 Å². The van der Waals surface area contributed by atoms with Gasteiger partial charge in [0, 0.05) is 11.1 Å². The SMILES string of the molecule is O=C1Oc2ccccc2[C@H]2ON=C(c3c(Cl)cccc3Cl)[C@H]12. The van der Waals surface area contributed by atoms with Gasteiger partial charge in [-0.2, -0.15) is 0 Å². The standard InChI is InChI=1S/C16H9Cl2NO3/c17-9-5-3-6-10(18)12(9)14-13-15(22-19-14)8-4-1-2-7-11(8)21-16(13)20/h1-7,13,15H/t13-,15+/m0/s1. The molecule has 4 rings (SSSR count). The van der Waals surface area contributed by atoms with Crippen LogP contribution < -0.4 is 4.74 Å². The molecule has 0 saturated heterocycles. The molecule has 0 spiro atoms. The van der Waals surface area contributed by atoms with Crippen molar-refractivity contribution in [2.24, 2.45) is 11.1 Å². The molecule has 2 aliphatic rings. The molecule has 0 unspecified atom stereocenters. The van der Waals surface area contributed by atoms with E-state index in [0.29, 0.717) is 27.1 Å². The van der Waals surface area contributed by atoms with E-state index in [4.69, 9.17) is 32.8 Å². The van der Waals surface area contributed by atoms with Crippen LogP contribution in [0, 0.1) is 5.92 Å². The number of carbonyl (C=O) groups excluding carboxylic acids is 1. The molecule has 2 aromatic carbocycles. The summed E-state index contributed by atoms with van der Waals surface area (Å²) in [6.07, 6.45) is -0.514. The minimum absolute atomic E-state index is 0.403. The summed E-state index contributed by atoms with van der Waals surface area (Å²) in [5.74, 6) is -0.598. The molecule has 6 heteroatoms. The van der Waals surface area contributed by atoms with Gasteiger partial charge >= 0.3 is 5.97 Å². The van der Waals surface area contributed by atoms with Crippen LogP contribution in [-0.2, 0) is 9.63 Å². The van der Waals surface area contributed by atoms with Gasteiger partial charge in [0.25, 0.3) is 0 Å². The van der Waals surface area contributed by atoms with Gasteiger partial charge in [0.1, 0.15) is 17.4 Å². The third-order valence-electron chi connectivity index (χ3n) is 3.77. The van der Waals surface area contributed by atoms with E-state index < -0.39 is 18.0 Å². The number of oxime groups is 1. The van der Waals surface area contributed by atoms with Crippen LogP contribution in [0.4, 0.5) is 0 Å². The molecule has 22 heavy (non-hydrogen) atoms. The number of hydrogen-bond donors (Lipinski definition) is 0. The number of ether oxygens (including phenoxy) is 1. The molecule has 0 amide bonds. The van der Waals surface area contributed by atoms with Crippen LogP contribution >= 0.6 is 23.2 Å². The molecule has 0 aliphatic carbocycles. The Kier molecular flexibility index (Phi) is 3.10. The minimum Gasteiger partial charge on any atom is -0.425 e. The predicted molar refractivity (Wildman–Crippen MR) is 82.4 cm³/mol. The predicted octanol–water partition coefficient (Wildman–Crippen LogP) is 4.00. The summed E-state index contributed by atoms with van der Waals surface area (Å²) in [4.78, 5) is 17.9. The van der Waals surface area contributed by atoms with Crippen molar-refractivity contribution < 1.29 is 14.4 Å². The molecule has 2 heterocycles. The quantitative estimate of drug-likeness (QED) is 0.585. The molecule has 2 aromatic rings. The molecular weight excluding hydrogens is 325 g/mol. The second-order valence-electron chi connectivity index (χ2n) is 5.04. The highest BCUT2D eigenvalue weighted by atomic mass is 35.5. The lowest BCUT2D eigenvalue weighted by molar-refractivity contribution is -0.142. The first-order chi connectivity index (χ1) is 10.7. The van der Waals surface area contributed by atoms with Crippen LogP contribution in [0.25, 0.3) is 0 Å². The summed E-state index contributed by atoms with van der Waals surface area (Å²) in [7, 11) is 0. The summed E-state index contributed by atoms with van der Waals surface area (Å²) >= 11 is 12.4. The molecule has 0 aromatic heterocycles. The lowest BCUT2D eigenvalue weighted by Crippen LogP contribution is -2.35. The number of para-hydroxylation sites is 1. The second kappa shape index (κ2) is 5.00. The Bertz CT molecular complexity index is 799. The number of nitrogens with zero attached hydrogens (tertiary/aromatic N) is 1. The van der Waals surface area contributed by atoms with Crippen LogP contribution in [0.3, 0.4) is 0 Å². The minimum atomic E-state index is -0.674. The van der Waals surface area contributed by atoms with E-state index in [1.807, 2.05) is 12.1 Å². The Morgan fingerprint density at radius 1 is 1.00 bits per heavy atom. The fourth-order valence-corrected chi connectivity index (χ4v) is 3.36. The van der Waals surface area contributed by atoms with Gasteiger partial charge in [0.2, 0.25) is 0 Å². The van der Waals surface area contributed by atoms with Crippen LogP contribution in [0.2, 0.25) is 10.0 Å². The van der Waals surface area contributed by atoms with Gasteiger partial charge in [0.05, 0.1) is 10.0 Å². The number of hydrogen-bond acceptors (Lipinski definition) is 4. The fraction of sp³-hybridized carbons (Fsp3) is 0.125. The van der Waals surface area contributed by atoms with E-state index >= 15 is 0 Å². The first kappa shape index (κ1) is 13.6. The summed E-state index contributed by atoms with van der Waals surface area (Å²) in [6, 6.07) is 12.4. The van der Waals surface area contributed by atoms with Gasteiger partial charge in [-0.3, -0.25) is 4.79 Å². The van der Waals surface area contributed by atoms with E-state index in [0.717, 1.165) is 5.56 Å². The Hall–Kier alpha value is -2.04. The van der Waals surface area contributed by atoms with Crippen molar-refractivity contribution >= 4 is 34.9 Å². The van der Waals surface area contributed by atoms with Gasteiger partial charge in [0.15, 0.2) is 6.10 Å². The highest BCUT2D eigenvalue weighted by molar-refractivity contribution is 6.41. The van der Waals surface area contributed by atoms with Gasteiger partial charge < -0.3 is 9.57 Å². The maximum Gasteiger partial charge on any atom is 0.324 e. The molecule has 0 saturated carbocycles. The van der Waals surface area contributed by atoms with Gasteiger partial charge in [-0.1, -0.05) is 52.6 Å².